The summed E-state index contributed by atoms with van der Waals surface area (Å²) in [5.74, 6) is 0. The van der Waals surface area contributed by atoms with Gasteiger partial charge in [0.1, 0.15) is 0 Å². The van der Waals surface area contributed by atoms with E-state index >= 15 is 0 Å². The lowest BCUT2D eigenvalue weighted by Gasteiger charge is -2.35. The predicted octanol–water partition coefficient (Wildman–Crippen LogP) is 3.34. The molecule has 0 bridgehead atoms. The zero-order valence-electron chi connectivity index (χ0n) is 9.47. The highest BCUT2D eigenvalue weighted by Gasteiger charge is 2.28. The Labute approximate surface area is 87.5 Å². The molecule has 0 aromatic heterocycles. The first-order chi connectivity index (χ1) is 6.57. The average Bonchev–Trinajstić information content (AvgIpc) is 2.51. The summed E-state index contributed by atoms with van der Waals surface area (Å²) in [6.07, 6.45) is 7.43. The average molecular weight is 191 g/mol. The Morgan fingerprint density at radius 3 is 2.43 bits per heavy atom. The van der Waals surface area contributed by atoms with Crippen LogP contribution in [-0.4, -0.2) is 18.0 Å². The van der Waals surface area contributed by atoms with E-state index in [1.165, 1.54) is 43.6 Å². The Balaban J connectivity index is 2.14. The quantitative estimate of drug-likeness (QED) is 0.614. The minimum Gasteiger partial charge on any atom is -0.375 e. The molecule has 1 fully saturated rings. The monoisotopic (exact) mass is 191 g/mol. The summed E-state index contributed by atoms with van der Waals surface area (Å²) in [6.45, 7) is 11.3. The molecular weight excluding hydrogens is 170 g/mol. The van der Waals surface area contributed by atoms with E-state index in [9.17, 15) is 0 Å². The molecule has 1 aliphatic carbocycles. The smallest absolute Gasteiger partial charge is 0.0175 e. The Kier molecular flexibility index (Phi) is 2.42. The first-order valence-corrected chi connectivity index (χ1v) is 5.70. The Hall–Kier alpha value is -0.720. The Bertz CT molecular complexity index is 267. The van der Waals surface area contributed by atoms with E-state index in [1.54, 1.807) is 0 Å². The van der Waals surface area contributed by atoms with Crippen molar-refractivity contribution in [3.63, 3.8) is 0 Å². The molecule has 0 radical (unpaired) electrons. The molecule has 78 valence electrons. The molecule has 1 heteroatoms. The van der Waals surface area contributed by atoms with Crippen LogP contribution in [-0.2, 0) is 0 Å². The summed E-state index contributed by atoms with van der Waals surface area (Å²) in [4.78, 5) is 2.55. The van der Waals surface area contributed by atoms with Gasteiger partial charge in [-0.15, -0.1) is 0 Å². The van der Waals surface area contributed by atoms with Crippen LogP contribution in [0, 0.1) is 5.41 Å². The largest absolute Gasteiger partial charge is 0.375 e. The lowest BCUT2D eigenvalue weighted by molar-refractivity contribution is 0.291. The number of likely N-dealkylation sites (tertiary alicyclic amines) is 1. The third kappa shape index (κ3) is 2.02. The SMILES string of the molecule is C=C1C=C(N2CCCC2)CC(C)(C)C1. The van der Waals surface area contributed by atoms with Crippen molar-refractivity contribution in [3.05, 3.63) is 23.9 Å². The van der Waals surface area contributed by atoms with Crippen LogP contribution < -0.4 is 0 Å². The lowest BCUT2D eigenvalue weighted by atomic mass is 9.77. The van der Waals surface area contributed by atoms with Crippen LogP contribution in [0.3, 0.4) is 0 Å². The maximum Gasteiger partial charge on any atom is 0.0175 e. The number of rotatable bonds is 1. The zero-order chi connectivity index (χ0) is 10.2. The van der Waals surface area contributed by atoms with Gasteiger partial charge in [0.25, 0.3) is 0 Å². The molecule has 2 aliphatic rings. The molecule has 0 saturated carbocycles. The fourth-order valence-electron chi connectivity index (χ4n) is 2.71. The number of nitrogens with zero attached hydrogens (tertiary/aromatic N) is 1. The van der Waals surface area contributed by atoms with Crippen molar-refractivity contribution in [2.24, 2.45) is 5.41 Å². The van der Waals surface area contributed by atoms with Gasteiger partial charge in [-0.1, -0.05) is 26.0 Å². The van der Waals surface area contributed by atoms with Crippen LogP contribution in [0.2, 0.25) is 0 Å². The van der Waals surface area contributed by atoms with Gasteiger partial charge in [-0.05, 0) is 37.2 Å². The highest BCUT2D eigenvalue weighted by atomic mass is 15.1. The molecule has 0 aromatic rings. The van der Waals surface area contributed by atoms with Crippen molar-refractivity contribution >= 4 is 0 Å². The topological polar surface area (TPSA) is 3.24 Å². The first kappa shape index (κ1) is 9.82. The zero-order valence-corrected chi connectivity index (χ0v) is 9.47. The Morgan fingerprint density at radius 2 is 1.86 bits per heavy atom. The molecule has 1 heterocycles. The molecule has 0 atom stereocenters. The van der Waals surface area contributed by atoms with E-state index in [0.717, 1.165) is 6.42 Å². The molecule has 0 aromatic carbocycles. The standard InChI is InChI=1S/C13H21N/c1-11-8-12(10-13(2,3)9-11)14-6-4-5-7-14/h8H,1,4-7,9-10H2,2-3H3. The molecule has 14 heavy (non-hydrogen) atoms. The van der Waals surface area contributed by atoms with Crippen LogP contribution in [0.4, 0.5) is 0 Å². The summed E-state index contributed by atoms with van der Waals surface area (Å²) in [5.41, 5.74) is 3.26. The lowest BCUT2D eigenvalue weighted by Crippen LogP contribution is -2.27. The van der Waals surface area contributed by atoms with Gasteiger partial charge in [-0.2, -0.15) is 0 Å². The molecule has 0 N–H and O–H groups in total. The van der Waals surface area contributed by atoms with Crippen LogP contribution >= 0.6 is 0 Å². The number of allylic oxidation sites excluding steroid dienone is 3. The minimum absolute atomic E-state index is 0.420. The molecule has 1 aliphatic heterocycles. The van der Waals surface area contributed by atoms with Gasteiger partial charge in [0.15, 0.2) is 0 Å². The third-order valence-electron chi connectivity index (χ3n) is 3.25. The van der Waals surface area contributed by atoms with E-state index in [2.05, 4.69) is 31.4 Å². The first-order valence-electron chi connectivity index (χ1n) is 5.70. The second kappa shape index (κ2) is 3.45. The van der Waals surface area contributed by atoms with Crippen molar-refractivity contribution < 1.29 is 0 Å². The van der Waals surface area contributed by atoms with E-state index in [-0.39, 0.29) is 0 Å². The predicted molar refractivity (Wildman–Crippen MR) is 61.0 cm³/mol. The fraction of sp³-hybridized carbons (Fsp3) is 0.692. The van der Waals surface area contributed by atoms with Gasteiger partial charge in [0, 0.05) is 18.8 Å². The highest BCUT2D eigenvalue weighted by Crippen LogP contribution is 2.39. The number of hydrogen-bond acceptors (Lipinski definition) is 1. The summed E-state index contributed by atoms with van der Waals surface area (Å²) in [6, 6.07) is 0. The van der Waals surface area contributed by atoms with Gasteiger partial charge in [-0.3, -0.25) is 0 Å². The molecule has 0 amide bonds. The van der Waals surface area contributed by atoms with E-state index in [1.807, 2.05) is 0 Å². The molecule has 0 spiro atoms. The van der Waals surface area contributed by atoms with Gasteiger partial charge in [0.2, 0.25) is 0 Å². The molecule has 1 saturated heterocycles. The van der Waals surface area contributed by atoms with E-state index in [4.69, 9.17) is 0 Å². The number of hydrogen-bond donors (Lipinski definition) is 0. The van der Waals surface area contributed by atoms with Crippen molar-refractivity contribution in [1.29, 1.82) is 0 Å². The second-order valence-corrected chi connectivity index (χ2v) is 5.51. The van der Waals surface area contributed by atoms with Gasteiger partial charge >= 0.3 is 0 Å². The Morgan fingerprint density at radius 1 is 1.21 bits per heavy atom. The van der Waals surface area contributed by atoms with Gasteiger partial charge in [0.05, 0.1) is 0 Å². The van der Waals surface area contributed by atoms with Crippen molar-refractivity contribution in [2.75, 3.05) is 13.1 Å². The molecule has 1 nitrogen and oxygen atoms in total. The third-order valence-corrected chi connectivity index (χ3v) is 3.25. The van der Waals surface area contributed by atoms with E-state index < -0.39 is 0 Å². The van der Waals surface area contributed by atoms with E-state index in [0.29, 0.717) is 5.41 Å². The highest BCUT2D eigenvalue weighted by molar-refractivity contribution is 5.27. The van der Waals surface area contributed by atoms with Crippen LogP contribution in [0.15, 0.2) is 23.9 Å². The molecule has 0 unspecified atom stereocenters. The van der Waals surface area contributed by atoms with Crippen LogP contribution in [0.5, 0.6) is 0 Å². The van der Waals surface area contributed by atoms with Crippen LogP contribution in [0.1, 0.15) is 39.5 Å². The van der Waals surface area contributed by atoms with Gasteiger partial charge < -0.3 is 4.90 Å². The second-order valence-electron chi connectivity index (χ2n) is 5.51. The summed E-state index contributed by atoms with van der Waals surface area (Å²) < 4.78 is 0. The fourth-order valence-corrected chi connectivity index (χ4v) is 2.71. The van der Waals surface area contributed by atoms with Crippen molar-refractivity contribution in [3.8, 4) is 0 Å². The molecular formula is C13H21N. The summed E-state index contributed by atoms with van der Waals surface area (Å²) >= 11 is 0. The maximum atomic E-state index is 4.13. The maximum absolute atomic E-state index is 4.13. The summed E-state index contributed by atoms with van der Waals surface area (Å²) in [5, 5.41) is 0. The van der Waals surface area contributed by atoms with Crippen LogP contribution in [0.25, 0.3) is 0 Å². The van der Waals surface area contributed by atoms with Crippen molar-refractivity contribution in [2.45, 2.75) is 39.5 Å². The molecule has 2 rings (SSSR count). The van der Waals surface area contributed by atoms with Gasteiger partial charge in [-0.25, -0.2) is 0 Å². The summed E-state index contributed by atoms with van der Waals surface area (Å²) in [7, 11) is 0. The normalized spacial score (nSPS) is 26.6. The minimum atomic E-state index is 0.420. The van der Waals surface area contributed by atoms with Crippen molar-refractivity contribution in [1.82, 2.24) is 4.90 Å².